The van der Waals surface area contributed by atoms with E-state index >= 15 is 0 Å². The van der Waals surface area contributed by atoms with E-state index in [0.29, 0.717) is 11.3 Å². The third kappa shape index (κ3) is 3.13. The number of rotatable bonds is 3. The molecule has 98 valence electrons. The van der Waals surface area contributed by atoms with Crippen molar-refractivity contribution in [3.05, 3.63) is 23.8 Å². The van der Waals surface area contributed by atoms with Crippen LogP contribution < -0.4 is 16.8 Å². The summed E-state index contributed by atoms with van der Waals surface area (Å²) in [4.78, 5) is 24.9. The standard InChI is InChI=1S/C12H18N4O2/c1-7(12(18)16(2)3)15-11(17)9-5-4-8(13)6-10(9)14/h4-7H,13-14H2,1-3H3,(H,15,17). The number of amides is 2. The molecule has 0 saturated heterocycles. The Balaban J connectivity index is 2.80. The predicted octanol–water partition coefficient (Wildman–Crippen LogP) is 0.0575. The first-order valence-corrected chi connectivity index (χ1v) is 5.50. The van der Waals surface area contributed by atoms with Crippen molar-refractivity contribution in [3.8, 4) is 0 Å². The summed E-state index contributed by atoms with van der Waals surface area (Å²) in [5.41, 5.74) is 12.3. The minimum Gasteiger partial charge on any atom is -0.399 e. The molecule has 6 nitrogen and oxygen atoms in total. The zero-order valence-corrected chi connectivity index (χ0v) is 10.7. The quantitative estimate of drug-likeness (QED) is 0.660. The highest BCUT2D eigenvalue weighted by molar-refractivity contribution is 6.01. The van der Waals surface area contributed by atoms with Gasteiger partial charge in [0.05, 0.1) is 5.56 Å². The molecule has 1 aromatic rings. The maximum Gasteiger partial charge on any atom is 0.254 e. The summed E-state index contributed by atoms with van der Waals surface area (Å²) in [7, 11) is 3.26. The summed E-state index contributed by atoms with van der Waals surface area (Å²) in [6, 6.07) is 4.02. The molecule has 2 amide bonds. The minimum absolute atomic E-state index is 0.183. The van der Waals surface area contributed by atoms with Gasteiger partial charge in [0.25, 0.3) is 5.91 Å². The number of hydrogen-bond acceptors (Lipinski definition) is 4. The summed E-state index contributed by atoms with van der Waals surface area (Å²) in [5.74, 6) is -0.576. The van der Waals surface area contributed by atoms with Gasteiger partial charge in [-0.3, -0.25) is 9.59 Å². The minimum atomic E-state index is -0.607. The first-order chi connectivity index (χ1) is 8.32. The zero-order chi connectivity index (χ0) is 13.9. The highest BCUT2D eigenvalue weighted by Crippen LogP contribution is 2.15. The van der Waals surface area contributed by atoms with Crippen molar-refractivity contribution in [1.82, 2.24) is 10.2 Å². The van der Waals surface area contributed by atoms with Crippen molar-refractivity contribution in [3.63, 3.8) is 0 Å². The monoisotopic (exact) mass is 250 g/mol. The van der Waals surface area contributed by atoms with E-state index in [4.69, 9.17) is 11.5 Å². The lowest BCUT2D eigenvalue weighted by Gasteiger charge is -2.18. The van der Waals surface area contributed by atoms with Gasteiger partial charge in [0.1, 0.15) is 6.04 Å². The Morgan fingerprint density at radius 1 is 1.28 bits per heavy atom. The van der Waals surface area contributed by atoms with E-state index < -0.39 is 11.9 Å². The molecule has 0 fully saturated rings. The normalized spacial score (nSPS) is 11.7. The molecule has 0 aromatic heterocycles. The van der Waals surface area contributed by atoms with Gasteiger partial charge in [-0.05, 0) is 25.1 Å². The molecule has 1 unspecified atom stereocenters. The zero-order valence-electron chi connectivity index (χ0n) is 10.7. The van der Waals surface area contributed by atoms with Crippen LogP contribution in [0.2, 0.25) is 0 Å². The third-order valence-corrected chi connectivity index (χ3v) is 2.48. The van der Waals surface area contributed by atoms with Crippen LogP contribution in [0.25, 0.3) is 0 Å². The smallest absolute Gasteiger partial charge is 0.254 e. The van der Waals surface area contributed by atoms with Gasteiger partial charge in [-0.15, -0.1) is 0 Å². The Hall–Kier alpha value is -2.24. The molecule has 5 N–H and O–H groups in total. The Kier molecular flexibility index (Phi) is 4.14. The van der Waals surface area contributed by atoms with Crippen LogP contribution in [-0.4, -0.2) is 36.9 Å². The van der Waals surface area contributed by atoms with E-state index in [0.717, 1.165) is 0 Å². The van der Waals surface area contributed by atoms with E-state index in [9.17, 15) is 9.59 Å². The highest BCUT2D eigenvalue weighted by Gasteiger charge is 2.19. The van der Waals surface area contributed by atoms with Gasteiger partial charge in [-0.1, -0.05) is 0 Å². The summed E-state index contributed by atoms with van der Waals surface area (Å²) in [5, 5.41) is 2.59. The molecule has 0 aliphatic carbocycles. The van der Waals surface area contributed by atoms with Crippen LogP contribution in [0.1, 0.15) is 17.3 Å². The van der Waals surface area contributed by atoms with Crippen LogP contribution >= 0.6 is 0 Å². The van der Waals surface area contributed by atoms with E-state index in [1.54, 1.807) is 27.1 Å². The molecule has 0 spiro atoms. The second-order valence-corrected chi connectivity index (χ2v) is 4.27. The average molecular weight is 250 g/mol. The van der Waals surface area contributed by atoms with Gasteiger partial charge < -0.3 is 21.7 Å². The molecule has 0 saturated carbocycles. The fourth-order valence-corrected chi connectivity index (χ4v) is 1.51. The maximum atomic E-state index is 11.9. The fourth-order valence-electron chi connectivity index (χ4n) is 1.51. The van der Waals surface area contributed by atoms with Gasteiger partial charge >= 0.3 is 0 Å². The predicted molar refractivity (Wildman–Crippen MR) is 70.9 cm³/mol. The molecular formula is C12H18N4O2. The summed E-state index contributed by atoms with van der Waals surface area (Å²) >= 11 is 0. The van der Waals surface area contributed by atoms with Gasteiger partial charge in [-0.2, -0.15) is 0 Å². The van der Waals surface area contributed by atoms with Crippen LogP contribution in [-0.2, 0) is 4.79 Å². The average Bonchev–Trinajstić information content (AvgIpc) is 2.27. The number of nitrogen functional groups attached to an aromatic ring is 2. The van der Waals surface area contributed by atoms with E-state index in [2.05, 4.69) is 5.32 Å². The molecule has 1 aromatic carbocycles. The van der Waals surface area contributed by atoms with Crippen LogP contribution in [0, 0.1) is 0 Å². The number of carbonyl (C=O) groups excluding carboxylic acids is 2. The van der Waals surface area contributed by atoms with Gasteiger partial charge in [-0.25, -0.2) is 0 Å². The SMILES string of the molecule is CC(NC(=O)c1ccc(N)cc1N)C(=O)N(C)C. The van der Waals surface area contributed by atoms with Gasteiger partial charge in [0.15, 0.2) is 0 Å². The number of nitrogens with one attached hydrogen (secondary N) is 1. The molecule has 18 heavy (non-hydrogen) atoms. The van der Waals surface area contributed by atoms with Gasteiger partial charge in [0, 0.05) is 25.5 Å². The van der Waals surface area contributed by atoms with Crippen molar-refractivity contribution in [2.75, 3.05) is 25.6 Å². The highest BCUT2D eigenvalue weighted by atomic mass is 16.2. The Morgan fingerprint density at radius 3 is 2.39 bits per heavy atom. The number of carbonyl (C=O) groups is 2. The first-order valence-electron chi connectivity index (χ1n) is 5.50. The molecule has 0 radical (unpaired) electrons. The largest absolute Gasteiger partial charge is 0.399 e. The second kappa shape index (κ2) is 5.39. The van der Waals surface area contributed by atoms with Crippen molar-refractivity contribution < 1.29 is 9.59 Å². The number of nitrogens with zero attached hydrogens (tertiary/aromatic N) is 1. The molecule has 1 rings (SSSR count). The molecule has 0 bridgehead atoms. The third-order valence-electron chi connectivity index (χ3n) is 2.48. The molecule has 0 aliphatic heterocycles. The topological polar surface area (TPSA) is 101 Å². The molecule has 0 aliphatic rings. The Labute approximate surface area is 106 Å². The summed E-state index contributed by atoms with van der Waals surface area (Å²) in [6.45, 7) is 1.62. The Bertz CT molecular complexity index is 471. The van der Waals surface area contributed by atoms with Crippen molar-refractivity contribution in [2.45, 2.75) is 13.0 Å². The molecule has 1 atom stereocenters. The summed E-state index contributed by atoms with van der Waals surface area (Å²) < 4.78 is 0. The van der Waals surface area contributed by atoms with E-state index in [1.165, 1.54) is 17.0 Å². The number of nitrogens with two attached hydrogens (primary N) is 2. The van der Waals surface area contributed by atoms with Crippen LogP contribution in [0.4, 0.5) is 11.4 Å². The fraction of sp³-hybridized carbons (Fsp3) is 0.333. The van der Waals surface area contributed by atoms with E-state index in [-0.39, 0.29) is 11.6 Å². The lowest BCUT2D eigenvalue weighted by molar-refractivity contribution is -0.130. The number of hydrogen-bond donors (Lipinski definition) is 3. The van der Waals surface area contributed by atoms with Gasteiger partial charge in [0.2, 0.25) is 5.91 Å². The number of anilines is 2. The lowest BCUT2D eigenvalue weighted by atomic mass is 10.1. The van der Waals surface area contributed by atoms with Crippen LogP contribution in [0.5, 0.6) is 0 Å². The van der Waals surface area contributed by atoms with Crippen molar-refractivity contribution in [1.29, 1.82) is 0 Å². The number of likely N-dealkylation sites (N-methyl/N-ethyl adjacent to an activating group) is 1. The van der Waals surface area contributed by atoms with Crippen molar-refractivity contribution >= 4 is 23.2 Å². The second-order valence-electron chi connectivity index (χ2n) is 4.27. The number of benzene rings is 1. The van der Waals surface area contributed by atoms with Crippen LogP contribution in [0.3, 0.4) is 0 Å². The van der Waals surface area contributed by atoms with E-state index in [1.807, 2.05) is 0 Å². The molecule has 0 heterocycles. The molecule has 6 heteroatoms. The van der Waals surface area contributed by atoms with Crippen LogP contribution in [0.15, 0.2) is 18.2 Å². The maximum absolute atomic E-state index is 11.9. The van der Waals surface area contributed by atoms with Crippen molar-refractivity contribution in [2.24, 2.45) is 0 Å². The Morgan fingerprint density at radius 2 is 1.89 bits per heavy atom. The molecular weight excluding hydrogens is 232 g/mol. The first kappa shape index (κ1) is 13.8. The lowest BCUT2D eigenvalue weighted by Crippen LogP contribution is -2.44. The summed E-state index contributed by atoms with van der Waals surface area (Å²) in [6.07, 6.45) is 0.